The SMILES string of the molecule is NC1(C2CC3CCC2C3)C2CCCCC21. The fourth-order valence-electron chi connectivity index (χ4n) is 5.63. The van der Waals surface area contributed by atoms with Crippen LogP contribution in [0, 0.1) is 29.6 Å². The Kier molecular flexibility index (Phi) is 1.68. The molecule has 5 unspecified atom stereocenters. The van der Waals surface area contributed by atoms with E-state index in [4.69, 9.17) is 5.73 Å². The average molecular weight is 205 g/mol. The molecule has 0 radical (unpaired) electrons. The highest BCUT2D eigenvalue weighted by atomic mass is 14.9. The fraction of sp³-hybridized carbons (Fsp3) is 1.00. The van der Waals surface area contributed by atoms with E-state index in [9.17, 15) is 0 Å². The van der Waals surface area contributed by atoms with Crippen molar-refractivity contribution in [2.45, 2.75) is 56.9 Å². The van der Waals surface area contributed by atoms with E-state index < -0.39 is 0 Å². The summed E-state index contributed by atoms with van der Waals surface area (Å²) in [7, 11) is 0. The molecule has 15 heavy (non-hydrogen) atoms. The lowest BCUT2D eigenvalue weighted by Gasteiger charge is -2.29. The number of fused-ring (bicyclic) bond motifs is 3. The maximum atomic E-state index is 6.79. The molecule has 2 N–H and O–H groups in total. The first-order valence-electron chi connectivity index (χ1n) is 7.09. The van der Waals surface area contributed by atoms with Crippen LogP contribution in [0.1, 0.15) is 51.4 Å². The lowest BCUT2D eigenvalue weighted by molar-refractivity contribution is 0.245. The van der Waals surface area contributed by atoms with Crippen LogP contribution in [0.25, 0.3) is 0 Å². The summed E-state index contributed by atoms with van der Waals surface area (Å²) in [6.07, 6.45) is 11.9. The molecular weight excluding hydrogens is 182 g/mol. The summed E-state index contributed by atoms with van der Waals surface area (Å²) in [5.74, 6) is 4.92. The zero-order valence-electron chi connectivity index (χ0n) is 9.62. The normalized spacial score (nSPS) is 61.8. The molecule has 84 valence electrons. The third-order valence-corrected chi connectivity index (χ3v) is 6.32. The molecule has 4 aliphatic carbocycles. The van der Waals surface area contributed by atoms with Gasteiger partial charge in [0, 0.05) is 5.54 Å². The van der Waals surface area contributed by atoms with Gasteiger partial charge in [-0.3, -0.25) is 0 Å². The van der Waals surface area contributed by atoms with E-state index in [2.05, 4.69) is 0 Å². The number of nitrogens with two attached hydrogens (primary N) is 1. The quantitative estimate of drug-likeness (QED) is 0.700. The molecule has 1 heteroatoms. The summed E-state index contributed by atoms with van der Waals surface area (Å²) in [6, 6.07) is 0. The molecule has 2 bridgehead atoms. The molecule has 0 amide bonds. The van der Waals surface area contributed by atoms with Crippen LogP contribution in [0.15, 0.2) is 0 Å². The lowest BCUT2D eigenvalue weighted by atomic mass is 9.80. The third-order valence-electron chi connectivity index (χ3n) is 6.32. The van der Waals surface area contributed by atoms with Gasteiger partial charge in [0.1, 0.15) is 0 Å². The topological polar surface area (TPSA) is 26.0 Å². The first-order valence-corrected chi connectivity index (χ1v) is 7.09. The van der Waals surface area contributed by atoms with Gasteiger partial charge in [-0.15, -0.1) is 0 Å². The van der Waals surface area contributed by atoms with E-state index >= 15 is 0 Å². The highest BCUT2D eigenvalue weighted by molar-refractivity contribution is 5.22. The molecule has 0 spiro atoms. The van der Waals surface area contributed by atoms with Gasteiger partial charge in [-0.25, -0.2) is 0 Å². The van der Waals surface area contributed by atoms with Gasteiger partial charge in [-0.1, -0.05) is 19.3 Å². The Hall–Kier alpha value is -0.0400. The maximum Gasteiger partial charge on any atom is 0.0249 e. The number of hydrogen-bond acceptors (Lipinski definition) is 1. The molecule has 4 fully saturated rings. The average Bonchev–Trinajstić information content (AvgIpc) is 2.70. The minimum atomic E-state index is 0.330. The van der Waals surface area contributed by atoms with Crippen LogP contribution in [0.2, 0.25) is 0 Å². The van der Waals surface area contributed by atoms with Crippen LogP contribution < -0.4 is 5.73 Å². The molecule has 0 saturated heterocycles. The van der Waals surface area contributed by atoms with Crippen LogP contribution >= 0.6 is 0 Å². The molecule has 1 nitrogen and oxygen atoms in total. The van der Waals surface area contributed by atoms with E-state index in [1.807, 2.05) is 0 Å². The molecule has 4 aliphatic rings. The lowest BCUT2D eigenvalue weighted by Crippen LogP contribution is -2.39. The molecular formula is C14H23N. The van der Waals surface area contributed by atoms with Crippen LogP contribution in [-0.2, 0) is 0 Å². The molecule has 4 rings (SSSR count). The van der Waals surface area contributed by atoms with Crippen LogP contribution in [0.5, 0.6) is 0 Å². The minimum Gasteiger partial charge on any atom is -0.324 e. The second-order valence-electron chi connectivity index (χ2n) is 6.78. The van der Waals surface area contributed by atoms with Crippen molar-refractivity contribution in [2.24, 2.45) is 35.3 Å². The molecule has 0 aromatic heterocycles. The van der Waals surface area contributed by atoms with Gasteiger partial charge in [-0.05, 0) is 61.7 Å². The molecule has 0 heterocycles. The zero-order valence-corrected chi connectivity index (χ0v) is 9.62. The van der Waals surface area contributed by atoms with Gasteiger partial charge >= 0.3 is 0 Å². The highest BCUT2D eigenvalue weighted by Crippen LogP contribution is 2.67. The smallest absolute Gasteiger partial charge is 0.0249 e. The van der Waals surface area contributed by atoms with Gasteiger partial charge in [0.15, 0.2) is 0 Å². The predicted octanol–water partition coefficient (Wildman–Crippen LogP) is 2.94. The minimum absolute atomic E-state index is 0.330. The second-order valence-corrected chi connectivity index (χ2v) is 6.78. The summed E-state index contributed by atoms with van der Waals surface area (Å²) in [5, 5.41) is 0. The summed E-state index contributed by atoms with van der Waals surface area (Å²) in [4.78, 5) is 0. The fourth-order valence-corrected chi connectivity index (χ4v) is 5.63. The first kappa shape index (κ1) is 9.04. The van der Waals surface area contributed by atoms with E-state index in [1.165, 1.54) is 51.4 Å². The van der Waals surface area contributed by atoms with Crippen molar-refractivity contribution >= 4 is 0 Å². The van der Waals surface area contributed by atoms with Crippen molar-refractivity contribution in [2.75, 3.05) is 0 Å². The van der Waals surface area contributed by atoms with Crippen molar-refractivity contribution < 1.29 is 0 Å². The Labute approximate surface area is 92.8 Å². The maximum absolute atomic E-state index is 6.79. The van der Waals surface area contributed by atoms with Crippen LogP contribution in [0.4, 0.5) is 0 Å². The van der Waals surface area contributed by atoms with Gasteiger partial charge < -0.3 is 5.73 Å². The van der Waals surface area contributed by atoms with Crippen LogP contribution in [-0.4, -0.2) is 5.54 Å². The van der Waals surface area contributed by atoms with Gasteiger partial charge in [-0.2, -0.15) is 0 Å². The van der Waals surface area contributed by atoms with Crippen molar-refractivity contribution in [1.82, 2.24) is 0 Å². The van der Waals surface area contributed by atoms with E-state index in [-0.39, 0.29) is 0 Å². The Bertz CT molecular complexity index is 273. The Balaban J connectivity index is 1.58. The van der Waals surface area contributed by atoms with Gasteiger partial charge in [0.05, 0.1) is 0 Å². The van der Waals surface area contributed by atoms with Gasteiger partial charge in [0.2, 0.25) is 0 Å². The Morgan fingerprint density at radius 3 is 2.07 bits per heavy atom. The molecule has 5 atom stereocenters. The zero-order chi connectivity index (χ0) is 10.0. The summed E-state index contributed by atoms with van der Waals surface area (Å²) >= 11 is 0. The van der Waals surface area contributed by atoms with Gasteiger partial charge in [0.25, 0.3) is 0 Å². The Morgan fingerprint density at radius 2 is 1.53 bits per heavy atom. The summed E-state index contributed by atoms with van der Waals surface area (Å²) in [5.41, 5.74) is 7.12. The van der Waals surface area contributed by atoms with E-state index in [0.717, 1.165) is 29.6 Å². The second kappa shape index (κ2) is 2.80. The monoisotopic (exact) mass is 205 g/mol. The van der Waals surface area contributed by atoms with Crippen molar-refractivity contribution in [3.63, 3.8) is 0 Å². The number of rotatable bonds is 1. The standard InChI is InChI=1S/C14H23N/c15-14(11-3-1-2-4-12(11)14)13-8-9-5-6-10(13)7-9/h9-13H,1-8,15H2. The van der Waals surface area contributed by atoms with Crippen LogP contribution in [0.3, 0.4) is 0 Å². The molecule has 0 aromatic rings. The number of hydrogen-bond donors (Lipinski definition) is 1. The van der Waals surface area contributed by atoms with Crippen molar-refractivity contribution in [1.29, 1.82) is 0 Å². The Morgan fingerprint density at radius 1 is 0.800 bits per heavy atom. The molecule has 4 saturated carbocycles. The van der Waals surface area contributed by atoms with E-state index in [1.54, 1.807) is 0 Å². The predicted molar refractivity (Wildman–Crippen MR) is 61.3 cm³/mol. The van der Waals surface area contributed by atoms with Crippen molar-refractivity contribution in [3.8, 4) is 0 Å². The highest BCUT2D eigenvalue weighted by Gasteiger charge is 2.68. The molecule has 0 aromatic carbocycles. The van der Waals surface area contributed by atoms with Crippen molar-refractivity contribution in [3.05, 3.63) is 0 Å². The van der Waals surface area contributed by atoms with E-state index in [0.29, 0.717) is 5.54 Å². The molecule has 0 aliphatic heterocycles. The first-order chi connectivity index (χ1) is 7.30. The largest absolute Gasteiger partial charge is 0.324 e. The summed E-state index contributed by atoms with van der Waals surface area (Å²) in [6.45, 7) is 0. The summed E-state index contributed by atoms with van der Waals surface area (Å²) < 4.78 is 0. The third kappa shape index (κ3) is 1.03.